The number of carbonyl (C=O) groups excluding carboxylic acids is 6. The summed E-state index contributed by atoms with van der Waals surface area (Å²) in [4.78, 5) is 78.1. The molecule has 4 amide bonds. The fourth-order valence-electron chi connectivity index (χ4n) is 5.00. The van der Waals surface area contributed by atoms with Crippen molar-refractivity contribution in [3.8, 4) is 0 Å². The second-order valence-electron chi connectivity index (χ2n) is 12.2. The monoisotopic (exact) mass is 656 g/mol. The Morgan fingerprint density at radius 3 is 2.46 bits per heavy atom. The lowest BCUT2D eigenvalue weighted by molar-refractivity contribution is -0.243. The van der Waals surface area contributed by atoms with Crippen molar-refractivity contribution in [3.05, 3.63) is 64.7 Å². The lowest BCUT2D eigenvalue weighted by Crippen LogP contribution is -2.56. The second kappa shape index (κ2) is 13.9. The van der Waals surface area contributed by atoms with Gasteiger partial charge < -0.3 is 35.5 Å². The molecule has 4 atom stereocenters. The van der Waals surface area contributed by atoms with E-state index >= 15 is 0 Å². The normalized spacial score (nSPS) is 21.7. The predicted molar refractivity (Wildman–Crippen MR) is 165 cm³/mol. The van der Waals surface area contributed by atoms with Crippen molar-refractivity contribution in [2.75, 3.05) is 11.9 Å². The summed E-state index contributed by atoms with van der Waals surface area (Å²) in [6, 6.07) is 11.0. The molecule has 246 valence electrons. The minimum Gasteiger partial charge on any atom is -0.453 e. The number of ether oxygens (including phenoxy) is 3. The van der Waals surface area contributed by atoms with Gasteiger partial charge in [0.05, 0.1) is 23.7 Å². The molecule has 14 heteroatoms. The van der Waals surface area contributed by atoms with Gasteiger partial charge in [0.1, 0.15) is 12.1 Å². The standard InChI is InChI=1S/C32H37ClN4O9/c1-18(35-26(39)20-12-13-22(21(33)15-20)36-30(43)31(2,3)4)27(40)37-14-8-11-23(37)28(41)45-24-16-25(38)46-32(24,29(34)42)44-17-19-9-6-5-7-10-19/h5-7,9-10,12-13,15,18,23-24H,8,11,14,16-17H2,1-4H3,(H2,34,42)(H,35,39)(H,36,43). The van der Waals surface area contributed by atoms with E-state index in [-0.39, 0.29) is 36.1 Å². The third kappa shape index (κ3) is 7.65. The van der Waals surface area contributed by atoms with Crippen LogP contribution in [0.4, 0.5) is 5.69 Å². The number of likely N-dealkylation sites (tertiary alicyclic amines) is 1. The van der Waals surface area contributed by atoms with Crippen molar-refractivity contribution < 1.29 is 43.0 Å². The van der Waals surface area contributed by atoms with Gasteiger partial charge in [0.2, 0.25) is 11.8 Å². The molecule has 2 aliphatic heterocycles. The molecule has 0 saturated carbocycles. The maximum atomic E-state index is 13.4. The topological polar surface area (TPSA) is 183 Å². The number of nitrogens with zero attached hydrogens (tertiary/aromatic N) is 1. The first-order chi connectivity index (χ1) is 21.6. The smallest absolute Gasteiger partial charge is 0.331 e. The number of amides is 4. The van der Waals surface area contributed by atoms with Crippen LogP contribution in [0.15, 0.2) is 48.5 Å². The van der Waals surface area contributed by atoms with Gasteiger partial charge in [0.25, 0.3) is 11.8 Å². The zero-order chi connectivity index (χ0) is 33.8. The van der Waals surface area contributed by atoms with Crippen LogP contribution in [0, 0.1) is 5.41 Å². The van der Waals surface area contributed by atoms with Crippen LogP contribution in [0.1, 0.15) is 62.9 Å². The zero-order valence-electron chi connectivity index (χ0n) is 26.0. The summed E-state index contributed by atoms with van der Waals surface area (Å²) in [6.45, 7) is 6.77. The zero-order valence-corrected chi connectivity index (χ0v) is 26.7. The van der Waals surface area contributed by atoms with Crippen molar-refractivity contribution in [2.45, 2.75) is 77.5 Å². The highest BCUT2D eigenvalue weighted by Gasteiger charge is 2.59. The first-order valence-electron chi connectivity index (χ1n) is 14.7. The molecule has 0 aliphatic carbocycles. The molecular weight excluding hydrogens is 620 g/mol. The Balaban J connectivity index is 1.40. The van der Waals surface area contributed by atoms with Gasteiger partial charge in [-0.3, -0.25) is 24.0 Å². The molecule has 4 unspecified atom stereocenters. The van der Waals surface area contributed by atoms with Crippen molar-refractivity contribution in [1.29, 1.82) is 0 Å². The first-order valence-corrected chi connectivity index (χ1v) is 15.1. The molecule has 2 aliphatic rings. The van der Waals surface area contributed by atoms with E-state index in [1.807, 2.05) is 0 Å². The number of cyclic esters (lactones) is 1. The van der Waals surface area contributed by atoms with E-state index < -0.39 is 65.5 Å². The molecular formula is C32H37ClN4O9. The predicted octanol–water partition coefficient (Wildman–Crippen LogP) is 2.69. The molecule has 0 radical (unpaired) electrons. The number of hydrogen-bond donors (Lipinski definition) is 3. The fourth-order valence-corrected chi connectivity index (χ4v) is 5.23. The summed E-state index contributed by atoms with van der Waals surface area (Å²) < 4.78 is 16.4. The lowest BCUT2D eigenvalue weighted by Gasteiger charge is -2.31. The quantitative estimate of drug-likeness (QED) is 0.324. The lowest BCUT2D eigenvalue weighted by atomic mass is 9.95. The van der Waals surface area contributed by atoms with Crippen LogP contribution in [0.3, 0.4) is 0 Å². The minimum absolute atomic E-state index is 0.140. The van der Waals surface area contributed by atoms with Crippen molar-refractivity contribution >= 4 is 52.9 Å². The van der Waals surface area contributed by atoms with Gasteiger partial charge in [0, 0.05) is 17.5 Å². The van der Waals surface area contributed by atoms with Crippen LogP contribution in [0.25, 0.3) is 0 Å². The molecule has 0 bridgehead atoms. The van der Waals surface area contributed by atoms with Crippen molar-refractivity contribution in [1.82, 2.24) is 10.2 Å². The van der Waals surface area contributed by atoms with Crippen LogP contribution < -0.4 is 16.4 Å². The van der Waals surface area contributed by atoms with Gasteiger partial charge >= 0.3 is 17.7 Å². The Hall–Kier alpha value is -4.49. The van der Waals surface area contributed by atoms with E-state index in [0.29, 0.717) is 17.7 Å². The minimum atomic E-state index is -2.34. The van der Waals surface area contributed by atoms with Crippen molar-refractivity contribution in [2.24, 2.45) is 11.1 Å². The average molecular weight is 657 g/mol. The van der Waals surface area contributed by atoms with Gasteiger partial charge in [-0.2, -0.15) is 0 Å². The third-order valence-corrected chi connectivity index (χ3v) is 7.94. The third-order valence-electron chi connectivity index (χ3n) is 7.63. The molecule has 2 saturated heterocycles. The van der Waals surface area contributed by atoms with Crippen molar-refractivity contribution in [3.63, 3.8) is 0 Å². The maximum absolute atomic E-state index is 13.4. The summed E-state index contributed by atoms with van der Waals surface area (Å²) in [6.07, 6.45) is -1.24. The summed E-state index contributed by atoms with van der Waals surface area (Å²) in [5, 5.41) is 5.46. The number of rotatable bonds is 10. The Kier molecular flexibility index (Phi) is 10.4. The van der Waals surface area contributed by atoms with E-state index in [9.17, 15) is 28.8 Å². The van der Waals surface area contributed by atoms with Crippen LogP contribution in [-0.2, 0) is 44.8 Å². The van der Waals surface area contributed by atoms with Crippen LogP contribution in [0.2, 0.25) is 5.02 Å². The highest BCUT2D eigenvalue weighted by molar-refractivity contribution is 6.34. The van der Waals surface area contributed by atoms with E-state index in [2.05, 4.69) is 10.6 Å². The summed E-state index contributed by atoms with van der Waals surface area (Å²) in [5.41, 5.74) is 6.07. The molecule has 2 aromatic rings. The number of carbonyl (C=O) groups is 6. The molecule has 13 nitrogen and oxygen atoms in total. The van der Waals surface area contributed by atoms with E-state index in [0.717, 1.165) is 0 Å². The number of benzene rings is 2. The summed E-state index contributed by atoms with van der Waals surface area (Å²) in [5.74, 6) is -6.61. The van der Waals surface area contributed by atoms with Gasteiger partial charge in [0.15, 0.2) is 6.10 Å². The number of esters is 2. The SMILES string of the molecule is CC(NC(=O)c1ccc(NC(=O)C(C)(C)C)c(Cl)c1)C(=O)N1CCCC1C(=O)OC1CC(=O)OC1(OCc1ccccc1)C(N)=O. The number of anilines is 1. The number of hydrogen-bond acceptors (Lipinski definition) is 9. The average Bonchev–Trinajstić information content (AvgIpc) is 3.61. The second-order valence-corrected chi connectivity index (χ2v) is 12.6. The largest absolute Gasteiger partial charge is 0.453 e. The molecule has 0 aromatic heterocycles. The Morgan fingerprint density at radius 2 is 1.83 bits per heavy atom. The summed E-state index contributed by atoms with van der Waals surface area (Å²) >= 11 is 6.30. The van der Waals surface area contributed by atoms with Gasteiger partial charge in [-0.1, -0.05) is 62.7 Å². The number of primary amides is 1. The van der Waals surface area contributed by atoms with Crippen LogP contribution >= 0.6 is 11.6 Å². The number of nitrogens with two attached hydrogens (primary N) is 1. The highest BCUT2D eigenvalue weighted by Crippen LogP contribution is 2.34. The summed E-state index contributed by atoms with van der Waals surface area (Å²) in [7, 11) is 0. The number of halogens is 1. The fraction of sp³-hybridized carbons (Fsp3) is 0.438. The number of nitrogens with one attached hydrogen (secondary N) is 2. The van der Waals surface area contributed by atoms with Crippen LogP contribution in [-0.4, -0.2) is 71.0 Å². The Morgan fingerprint density at radius 1 is 1.13 bits per heavy atom. The van der Waals surface area contributed by atoms with Gasteiger partial charge in [-0.15, -0.1) is 0 Å². The molecule has 2 aromatic carbocycles. The van der Waals surface area contributed by atoms with E-state index in [4.69, 9.17) is 31.5 Å². The van der Waals surface area contributed by atoms with E-state index in [1.54, 1.807) is 51.1 Å². The molecule has 2 heterocycles. The molecule has 46 heavy (non-hydrogen) atoms. The van der Waals surface area contributed by atoms with Gasteiger partial charge in [-0.05, 0) is 43.5 Å². The van der Waals surface area contributed by atoms with Crippen LogP contribution in [0.5, 0.6) is 0 Å². The van der Waals surface area contributed by atoms with Gasteiger partial charge in [-0.25, -0.2) is 4.79 Å². The molecule has 0 spiro atoms. The molecule has 4 N–H and O–H groups in total. The Labute approximate surface area is 271 Å². The highest BCUT2D eigenvalue weighted by atomic mass is 35.5. The molecule has 4 rings (SSSR count). The first kappa shape index (κ1) is 34.4. The molecule has 2 fully saturated rings. The van der Waals surface area contributed by atoms with E-state index in [1.165, 1.54) is 30.0 Å². The maximum Gasteiger partial charge on any atom is 0.331 e. The Bertz CT molecular complexity index is 1530.